The maximum atomic E-state index is 11.7. The Hall–Kier alpha value is -2.31. The first kappa shape index (κ1) is 13.1. The summed E-state index contributed by atoms with van der Waals surface area (Å²) in [6.07, 6.45) is 1.57. The lowest BCUT2D eigenvalue weighted by Crippen LogP contribution is -2.24. The number of rotatable bonds is 2. The van der Waals surface area contributed by atoms with E-state index >= 15 is 0 Å². The molecule has 0 aliphatic heterocycles. The second-order valence-corrected chi connectivity index (χ2v) is 4.09. The molecule has 2 aromatic rings. The topological polar surface area (TPSA) is 42.0 Å². The van der Waals surface area contributed by atoms with Crippen molar-refractivity contribution in [1.29, 1.82) is 0 Å². The molecule has 0 saturated heterocycles. The molecule has 0 spiro atoms. The summed E-state index contributed by atoms with van der Waals surface area (Å²) in [4.78, 5) is 15.6. The monoisotopic (exact) mass is 270 g/mol. The lowest BCUT2D eigenvalue weighted by molar-refractivity contribution is 0.0954. The number of aromatic nitrogens is 1. The quantitative estimate of drug-likeness (QED) is 0.852. The standard InChI is InChI=1S/C15H11ClN2O/c16-13-8-2-1-6-12(13)7-5-11-18-15(19)14-9-3-4-10-17-14/h1-4,6,8-10H,11H2,(H,18,19). The molecule has 2 rings (SSSR count). The Balaban J connectivity index is 1.92. The molecular weight excluding hydrogens is 260 g/mol. The largest absolute Gasteiger partial charge is 0.340 e. The minimum atomic E-state index is -0.242. The van der Waals surface area contributed by atoms with Gasteiger partial charge in [-0.05, 0) is 24.3 Å². The van der Waals surface area contributed by atoms with Gasteiger partial charge in [0.2, 0.25) is 0 Å². The molecule has 94 valence electrons. The Bertz CT molecular complexity index is 629. The maximum absolute atomic E-state index is 11.7. The van der Waals surface area contributed by atoms with Crippen LogP contribution in [0.1, 0.15) is 16.1 Å². The summed E-state index contributed by atoms with van der Waals surface area (Å²) < 4.78 is 0. The summed E-state index contributed by atoms with van der Waals surface area (Å²) in [6, 6.07) is 12.5. The van der Waals surface area contributed by atoms with E-state index in [2.05, 4.69) is 22.1 Å². The zero-order chi connectivity index (χ0) is 13.5. The van der Waals surface area contributed by atoms with Gasteiger partial charge in [-0.1, -0.05) is 41.6 Å². The van der Waals surface area contributed by atoms with Crippen LogP contribution in [0.2, 0.25) is 5.02 Å². The second-order valence-electron chi connectivity index (χ2n) is 3.68. The Kier molecular flexibility index (Phi) is 4.54. The lowest BCUT2D eigenvalue weighted by Gasteiger charge is -1.99. The summed E-state index contributed by atoms with van der Waals surface area (Å²) >= 11 is 5.96. The SMILES string of the molecule is O=C(NCC#Cc1ccccc1Cl)c1ccccn1. The van der Waals surface area contributed by atoms with Crippen molar-refractivity contribution in [2.75, 3.05) is 6.54 Å². The molecule has 4 heteroatoms. The van der Waals surface area contributed by atoms with Crippen molar-refractivity contribution in [1.82, 2.24) is 10.3 Å². The van der Waals surface area contributed by atoms with Crippen LogP contribution in [-0.4, -0.2) is 17.4 Å². The van der Waals surface area contributed by atoms with E-state index in [1.807, 2.05) is 18.2 Å². The molecule has 0 saturated carbocycles. The maximum Gasteiger partial charge on any atom is 0.270 e. The average Bonchev–Trinajstić information content (AvgIpc) is 2.46. The molecule has 0 atom stereocenters. The van der Waals surface area contributed by atoms with E-state index in [9.17, 15) is 4.79 Å². The third kappa shape index (κ3) is 3.84. The molecule has 1 N–H and O–H groups in total. The van der Waals surface area contributed by atoms with Crippen molar-refractivity contribution in [3.05, 3.63) is 64.9 Å². The molecule has 0 unspecified atom stereocenters. The van der Waals surface area contributed by atoms with Gasteiger partial charge in [-0.3, -0.25) is 9.78 Å². The van der Waals surface area contributed by atoms with E-state index in [0.717, 1.165) is 5.56 Å². The average molecular weight is 271 g/mol. The van der Waals surface area contributed by atoms with E-state index in [4.69, 9.17) is 11.6 Å². The Morgan fingerprint density at radius 3 is 2.74 bits per heavy atom. The minimum Gasteiger partial charge on any atom is -0.340 e. The minimum absolute atomic E-state index is 0.242. The van der Waals surface area contributed by atoms with Crippen molar-refractivity contribution >= 4 is 17.5 Å². The van der Waals surface area contributed by atoms with E-state index in [-0.39, 0.29) is 12.5 Å². The fourth-order valence-electron chi connectivity index (χ4n) is 1.41. The Morgan fingerprint density at radius 2 is 2.00 bits per heavy atom. The van der Waals surface area contributed by atoms with E-state index in [0.29, 0.717) is 10.7 Å². The van der Waals surface area contributed by atoms with E-state index in [1.54, 1.807) is 30.5 Å². The summed E-state index contributed by atoms with van der Waals surface area (Å²) in [5.41, 5.74) is 1.12. The molecule has 0 aliphatic rings. The predicted octanol–water partition coefficient (Wildman–Crippen LogP) is 2.52. The molecule has 0 aliphatic carbocycles. The zero-order valence-electron chi connectivity index (χ0n) is 10.1. The van der Waals surface area contributed by atoms with Gasteiger partial charge in [-0.15, -0.1) is 0 Å². The van der Waals surface area contributed by atoms with Gasteiger partial charge in [-0.2, -0.15) is 0 Å². The van der Waals surface area contributed by atoms with Crippen LogP contribution in [-0.2, 0) is 0 Å². The fraction of sp³-hybridized carbons (Fsp3) is 0.0667. The molecule has 0 radical (unpaired) electrons. The summed E-state index contributed by atoms with van der Waals surface area (Å²) in [5, 5.41) is 3.27. The number of hydrogen-bond acceptors (Lipinski definition) is 2. The zero-order valence-corrected chi connectivity index (χ0v) is 10.8. The molecule has 1 amide bonds. The van der Waals surface area contributed by atoms with Crippen molar-refractivity contribution in [3.63, 3.8) is 0 Å². The highest BCUT2D eigenvalue weighted by atomic mass is 35.5. The van der Waals surface area contributed by atoms with Crippen LogP contribution in [0.15, 0.2) is 48.7 Å². The van der Waals surface area contributed by atoms with Gasteiger partial charge < -0.3 is 5.32 Å². The highest BCUT2D eigenvalue weighted by molar-refractivity contribution is 6.31. The van der Waals surface area contributed by atoms with Gasteiger partial charge >= 0.3 is 0 Å². The summed E-state index contributed by atoms with van der Waals surface area (Å²) in [7, 11) is 0. The van der Waals surface area contributed by atoms with Gasteiger partial charge in [0.25, 0.3) is 5.91 Å². The number of nitrogens with one attached hydrogen (secondary N) is 1. The number of hydrogen-bond donors (Lipinski definition) is 1. The number of nitrogens with zero attached hydrogens (tertiary/aromatic N) is 1. The van der Waals surface area contributed by atoms with Crippen LogP contribution in [0.25, 0.3) is 0 Å². The molecule has 1 aromatic heterocycles. The number of pyridine rings is 1. The second kappa shape index (κ2) is 6.58. The van der Waals surface area contributed by atoms with Gasteiger partial charge in [-0.25, -0.2) is 0 Å². The summed E-state index contributed by atoms with van der Waals surface area (Å²) in [5.74, 6) is 5.51. The number of carbonyl (C=O) groups excluding carboxylic acids is 1. The number of benzene rings is 1. The summed E-state index contributed by atoms with van der Waals surface area (Å²) in [6.45, 7) is 0.251. The third-order valence-corrected chi connectivity index (χ3v) is 2.66. The Morgan fingerprint density at radius 1 is 1.21 bits per heavy atom. The van der Waals surface area contributed by atoms with Crippen LogP contribution in [0.4, 0.5) is 0 Å². The first-order valence-corrected chi connectivity index (χ1v) is 6.08. The van der Waals surface area contributed by atoms with Crippen molar-refractivity contribution in [3.8, 4) is 11.8 Å². The lowest BCUT2D eigenvalue weighted by atomic mass is 10.2. The van der Waals surface area contributed by atoms with E-state index < -0.39 is 0 Å². The fourth-order valence-corrected chi connectivity index (χ4v) is 1.60. The molecule has 1 aromatic carbocycles. The van der Waals surface area contributed by atoms with Gasteiger partial charge in [0.15, 0.2) is 0 Å². The predicted molar refractivity (Wildman–Crippen MR) is 74.9 cm³/mol. The van der Waals surface area contributed by atoms with Crippen molar-refractivity contribution < 1.29 is 4.79 Å². The van der Waals surface area contributed by atoms with Crippen LogP contribution >= 0.6 is 11.6 Å². The van der Waals surface area contributed by atoms with Crippen LogP contribution in [0.3, 0.4) is 0 Å². The van der Waals surface area contributed by atoms with Gasteiger partial charge in [0.1, 0.15) is 5.69 Å². The molecule has 1 heterocycles. The van der Waals surface area contributed by atoms with Crippen LogP contribution in [0, 0.1) is 11.8 Å². The van der Waals surface area contributed by atoms with Crippen molar-refractivity contribution in [2.24, 2.45) is 0 Å². The van der Waals surface area contributed by atoms with Crippen molar-refractivity contribution in [2.45, 2.75) is 0 Å². The highest BCUT2D eigenvalue weighted by Gasteiger charge is 2.03. The highest BCUT2D eigenvalue weighted by Crippen LogP contribution is 2.12. The molecular formula is C15H11ClN2O. The number of halogens is 1. The van der Waals surface area contributed by atoms with Gasteiger partial charge in [0, 0.05) is 11.8 Å². The Labute approximate surface area is 116 Å². The number of carbonyl (C=O) groups is 1. The van der Waals surface area contributed by atoms with E-state index in [1.165, 1.54) is 0 Å². The molecule has 19 heavy (non-hydrogen) atoms. The van der Waals surface area contributed by atoms with Crippen LogP contribution < -0.4 is 5.32 Å². The molecule has 0 bridgehead atoms. The third-order valence-electron chi connectivity index (χ3n) is 2.33. The smallest absolute Gasteiger partial charge is 0.270 e. The number of amides is 1. The molecule has 3 nitrogen and oxygen atoms in total. The first-order valence-electron chi connectivity index (χ1n) is 5.70. The van der Waals surface area contributed by atoms with Crippen LogP contribution in [0.5, 0.6) is 0 Å². The first-order chi connectivity index (χ1) is 9.27. The normalized spacial score (nSPS) is 9.32. The molecule has 0 fully saturated rings. The van der Waals surface area contributed by atoms with Gasteiger partial charge in [0.05, 0.1) is 11.6 Å².